The van der Waals surface area contributed by atoms with Crippen molar-refractivity contribution in [3.8, 4) is 0 Å². The Morgan fingerprint density at radius 1 is 1.58 bits per heavy atom. The second kappa shape index (κ2) is 3.54. The fourth-order valence-corrected chi connectivity index (χ4v) is 1.86. The van der Waals surface area contributed by atoms with Gasteiger partial charge in [0.2, 0.25) is 0 Å². The zero-order valence-electron chi connectivity index (χ0n) is 6.53. The lowest BCUT2D eigenvalue weighted by Gasteiger charge is -1.98. The molecule has 0 bridgehead atoms. The lowest BCUT2D eigenvalue weighted by atomic mass is 10.4. The van der Waals surface area contributed by atoms with Gasteiger partial charge in [0.25, 0.3) is 0 Å². The Balaban J connectivity index is 3.07. The number of hydrogen-bond acceptors (Lipinski definition) is 2. The summed E-state index contributed by atoms with van der Waals surface area (Å²) in [5.41, 5.74) is 0. The van der Waals surface area contributed by atoms with Gasteiger partial charge in [-0.15, -0.1) is 6.58 Å². The first-order chi connectivity index (χ1) is 5.67. The van der Waals surface area contributed by atoms with Crippen LogP contribution in [0.15, 0.2) is 41.8 Å². The van der Waals surface area contributed by atoms with E-state index in [-0.39, 0.29) is 5.75 Å². The molecule has 0 aliphatic carbocycles. The Morgan fingerprint density at radius 2 is 2.33 bits per heavy atom. The summed E-state index contributed by atoms with van der Waals surface area (Å²) >= 11 is 0. The van der Waals surface area contributed by atoms with Gasteiger partial charge in [-0.25, -0.2) is 8.42 Å². The minimum Gasteiger partial charge on any atom is -0.223 e. The van der Waals surface area contributed by atoms with Gasteiger partial charge in [0.1, 0.15) is 0 Å². The molecule has 0 N–H and O–H groups in total. The normalized spacial score (nSPS) is 11.0. The van der Waals surface area contributed by atoms with E-state index in [1.165, 1.54) is 12.1 Å². The summed E-state index contributed by atoms with van der Waals surface area (Å²) in [6.07, 6.45) is 1.38. The van der Waals surface area contributed by atoms with Crippen LogP contribution in [0.2, 0.25) is 0 Å². The van der Waals surface area contributed by atoms with Crippen LogP contribution >= 0.6 is 0 Å². The summed E-state index contributed by atoms with van der Waals surface area (Å²) in [6, 6.07) is 9.03. The Kier molecular flexibility index (Phi) is 2.65. The SMILES string of the molecule is C=CCS(=O)(=O)c1c[c]ccc1. The highest BCUT2D eigenvalue weighted by Crippen LogP contribution is 2.08. The summed E-state index contributed by atoms with van der Waals surface area (Å²) in [6.45, 7) is 3.38. The molecule has 63 valence electrons. The molecule has 0 amide bonds. The van der Waals surface area contributed by atoms with E-state index < -0.39 is 9.84 Å². The van der Waals surface area contributed by atoms with E-state index in [1.54, 1.807) is 18.2 Å². The molecule has 0 unspecified atom stereocenters. The Labute approximate surface area is 72.5 Å². The summed E-state index contributed by atoms with van der Waals surface area (Å²) in [4.78, 5) is 0.296. The van der Waals surface area contributed by atoms with Crippen LogP contribution < -0.4 is 0 Å². The molecule has 0 aliphatic heterocycles. The van der Waals surface area contributed by atoms with Crippen LogP contribution in [0.1, 0.15) is 0 Å². The van der Waals surface area contributed by atoms with Gasteiger partial charge in [0, 0.05) is 0 Å². The van der Waals surface area contributed by atoms with Crippen molar-refractivity contribution in [1.82, 2.24) is 0 Å². The van der Waals surface area contributed by atoms with Gasteiger partial charge < -0.3 is 0 Å². The highest BCUT2D eigenvalue weighted by atomic mass is 32.2. The predicted molar refractivity (Wildman–Crippen MR) is 47.5 cm³/mol. The average Bonchev–Trinajstić information content (AvgIpc) is 2.06. The first-order valence-corrected chi connectivity index (χ1v) is 5.12. The van der Waals surface area contributed by atoms with Gasteiger partial charge in [0.05, 0.1) is 10.6 Å². The molecule has 2 nitrogen and oxygen atoms in total. The summed E-state index contributed by atoms with van der Waals surface area (Å²) in [7, 11) is -3.16. The standard InChI is InChI=1S/C9H9O2S/c1-2-8-12(10,11)9-6-4-3-5-7-9/h2-4,6-7H,1,8H2. The van der Waals surface area contributed by atoms with Crippen LogP contribution in [0.3, 0.4) is 0 Å². The van der Waals surface area contributed by atoms with Crippen molar-refractivity contribution in [2.45, 2.75) is 4.90 Å². The van der Waals surface area contributed by atoms with E-state index in [0.29, 0.717) is 4.90 Å². The highest BCUT2D eigenvalue weighted by molar-refractivity contribution is 7.91. The van der Waals surface area contributed by atoms with Gasteiger partial charge in [-0.3, -0.25) is 0 Å². The van der Waals surface area contributed by atoms with Gasteiger partial charge >= 0.3 is 0 Å². The minimum atomic E-state index is -3.16. The third-order valence-corrected chi connectivity index (χ3v) is 3.02. The van der Waals surface area contributed by atoms with E-state index in [0.717, 1.165) is 0 Å². The number of benzene rings is 1. The summed E-state index contributed by atoms with van der Waals surface area (Å²) < 4.78 is 22.7. The van der Waals surface area contributed by atoms with Crippen molar-refractivity contribution < 1.29 is 8.42 Å². The maximum absolute atomic E-state index is 11.3. The number of hydrogen-bond donors (Lipinski definition) is 0. The van der Waals surface area contributed by atoms with Gasteiger partial charge in [-0.2, -0.15) is 0 Å². The Bertz CT molecular complexity index is 351. The molecule has 0 fully saturated rings. The van der Waals surface area contributed by atoms with Crippen molar-refractivity contribution >= 4 is 9.84 Å². The molecule has 1 rings (SSSR count). The first kappa shape index (κ1) is 9.00. The fourth-order valence-electron chi connectivity index (χ4n) is 0.822. The zero-order chi connectivity index (χ0) is 9.03. The van der Waals surface area contributed by atoms with Crippen LogP contribution in [0, 0.1) is 6.07 Å². The monoisotopic (exact) mass is 181 g/mol. The van der Waals surface area contributed by atoms with Crippen molar-refractivity contribution in [2.75, 3.05) is 5.75 Å². The molecule has 0 heterocycles. The first-order valence-electron chi connectivity index (χ1n) is 3.46. The molecule has 1 radical (unpaired) electrons. The second-order valence-corrected chi connectivity index (χ2v) is 4.34. The quantitative estimate of drug-likeness (QED) is 0.661. The van der Waals surface area contributed by atoms with Crippen LogP contribution in [0.4, 0.5) is 0 Å². The third kappa shape index (κ3) is 1.95. The molecule has 12 heavy (non-hydrogen) atoms. The molecule has 3 heteroatoms. The van der Waals surface area contributed by atoms with Crippen LogP contribution in [0.25, 0.3) is 0 Å². The molecular weight excluding hydrogens is 172 g/mol. The van der Waals surface area contributed by atoms with Crippen LogP contribution in [-0.4, -0.2) is 14.2 Å². The minimum absolute atomic E-state index is 0.0230. The predicted octanol–water partition coefficient (Wildman–Crippen LogP) is 1.45. The van der Waals surface area contributed by atoms with Crippen LogP contribution in [0.5, 0.6) is 0 Å². The molecule has 0 aliphatic rings. The van der Waals surface area contributed by atoms with Crippen molar-refractivity contribution in [3.63, 3.8) is 0 Å². The Hall–Kier alpha value is -1.09. The zero-order valence-corrected chi connectivity index (χ0v) is 7.34. The maximum atomic E-state index is 11.3. The van der Waals surface area contributed by atoms with Gasteiger partial charge in [0.15, 0.2) is 9.84 Å². The molecule has 0 saturated carbocycles. The lowest BCUT2D eigenvalue weighted by Crippen LogP contribution is -2.03. The van der Waals surface area contributed by atoms with E-state index >= 15 is 0 Å². The van der Waals surface area contributed by atoms with E-state index in [2.05, 4.69) is 12.6 Å². The molecule has 0 spiro atoms. The molecule has 0 saturated heterocycles. The molecule has 0 aromatic heterocycles. The van der Waals surface area contributed by atoms with Gasteiger partial charge in [-0.05, 0) is 18.2 Å². The van der Waals surface area contributed by atoms with E-state index in [4.69, 9.17) is 0 Å². The second-order valence-electron chi connectivity index (χ2n) is 2.31. The average molecular weight is 181 g/mol. The van der Waals surface area contributed by atoms with Gasteiger partial charge in [-0.1, -0.05) is 18.2 Å². The molecule has 0 atom stereocenters. The van der Waals surface area contributed by atoms with E-state index in [9.17, 15) is 8.42 Å². The maximum Gasteiger partial charge on any atom is 0.181 e. The van der Waals surface area contributed by atoms with Crippen molar-refractivity contribution in [1.29, 1.82) is 0 Å². The Morgan fingerprint density at radius 3 is 2.83 bits per heavy atom. The smallest absolute Gasteiger partial charge is 0.181 e. The topological polar surface area (TPSA) is 34.1 Å². The molecule has 1 aromatic carbocycles. The fraction of sp³-hybridized carbons (Fsp3) is 0.111. The lowest BCUT2D eigenvalue weighted by molar-refractivity contribution is 0.599. The van der Waals surface area contributed by atoms with Crippen LogP contribution in [-0.2, 0) is 9.84 Å². The highest BCUT2D eigenvalue weighted by Gasteiger charge is 2.10. The summed E-state index contributed by atoms with van der Waals surface area (Å²) in [5.74, 6) is -0.0230. The third-order valence-electron chi connectivity index (χ3n) is 1.37. The van der Waals surface area contributed by atoms with Crippen molar-refractivity contribution in [2.24, 2.45) is 0 Å². The molecular formula is C9H9O2S. The summed E-state index contributed by atoms with van der Waals surface area (Å²) in [5, 5.41) is 0. The molecule has 1 aromatic rings. The van der Waals surface area contributed by atoms with Crippen molar-refractivity contribution in [3.05, 3.63) is 43.0 Å². The van der Waals surface area contributed by atoms with E-state index in [1.807, 2.05) is 0 Å². The number of sulfone groups is 1. The number of rotatable bonds is 3. The largest absolute Gasteiger partial charge is 0.223 e.